The number of aromatic nitrogens is 2. The van der Waals surface area contributed by atoms with E-state index in [9.17, 15) is 4.39 Å². The Morgan fingerprint density at radius 1 is 1.42 bits per heavy atom. The zero-order valence-electron chi connectivity index (χ0n) is 11.7. The van der Waals surface area contributed by atoms with Gasteiger partial charge >= 0.3 is 0 Å². The van der Waals surface area contributed by atoms with Crippen LogP contribution in [0, 0.1) is 5.82 Å². The molecular weight excluding hydrogens is 241 g/mol. The highest BCUT2D eigenvalue weighted by Crippen LogP contribution is 2.16. The van der Waals surface area contributed by atoms with Crippen LogP contribution in [0.1, 0.15) is 25.1 Å². The summed E-state index contributed by atoms with van der Waals surface area (Å²) >= 11 is 0. The monoisotopic (exact) mass is 261 g/mol. The minimum absolute atomic E-state index is 0.180. The van der Waals surface area contributed by atoms with Gasteiger partial charge in [0.05, 0.1) is 11.4 Å². The summed E-state index contributed by atoms with van der Waals surface area (Å²) in [4.78, 5) is 0. The van der Waals surface area contributed by atoms with Crippen LogP contribution in [0.25, 0.3) is 0 Å². The minimum atomic E-state index is -0.180. The van der Waals surface area contributed by atoms with Crippen molar-refractivity contribution >= 4 is 5.69 Å². The lowest BCUT2D eigenvalue weighted by Crippen LogP contribution is -2.18. The first-order valence-corrected chi connectivity index (χ1v) is 6.62. The molecule has 0 aliphatic carbocycles. The van der Waals surface area contributed by atoms with Crippen LogP contribution in [0.5, 0.6) is 0 Å². The predicted molar refractivity (Wildman–Crippen MR) is 75.8 cm³/mol. The third-order valence-electron chi connectivity index (χ3n) is 3.07. The molecule has 0 aliphatic rings. The van der Waals surface area contributed by atoms with Gasteiger partial charge in [0.2, 0.25) is 0 Å². The molecule has 4 heteroatoms. The van der Waals surface area contributed by atoms with Gasteiger partial charge in [-0.05, 0) is 37.5 Å². The van der Waals surface area contributed by atoms with E-state index < -0.39 is 0 Å². The van der Waals surface area contributed by atoms with Crippen LogP contribution in [-0.2, 0) is 19.9 Å². The molecule has 0 saturated heterocycles. The second-order valence-electron chi connectivity index (χ2n) is 4.90. The quantitative estimate of drug-likeness (QED) is 0.896. The van der Waals surface area contributed by atoms with Crippen LogP contribution >= 0.6 is 0 Å². The van der Waals surface area contributed by atoms with Crippen molar-refractivity contribution in [3.8, 4) is 0 Å². The summed E-state index contributed by atoms with van der Waals surface area (Å²) < 4.78 is 14.9. The highest BCUT2D eigenvalue weighted by atomic mass is 19.1. The van der Waals surface area contributed by atoms with E-state index in [1.54, 1.807) is 12.1 Å². The molecule has 0 saturated carbocycles. The summed E-state index contributed by atoms with van der Waals surface area (Å²) in [5, 5.41) is 7.84. The summed E-state index contributed by atoms with van der Waals surface area (Å²) in [6, 6.07) is 6.99. The number of rotatable bonds is 5. The van der Waals surface area contributed by atoms with Crippen LogP contribution in [0.15, 0.2) is 30.5 Å². The van der Waals surface area contributed by atoms with E-state index in [2.05, 4.69) is 24.3 Å². The lowest BCUT2D eigenvalue weighted by Gasteiger charge is -2.15. The molecule has 0 bridgehead atoms. The molecule has 1 N–H and O–H groups in total. The Balaban J connectivity index is 2.02. The van der Waals surface area contributed by atoms with Gasteiger partial charge in [0.15, 0.2) is 0 Å². The molecule has 0 spiro atoms. The van der Waals surface area contributed by atoms with Crippen LogP contribution in [0.2, 0.25) is 0 Å². The first-order valence-electron chi connectivity index (χ1n) is 6.62. The molecule has 0 aliphatic heterocycles. The molecule has 2 aromatic rings. The van der Waals surface area contributed by atoms with E-state index in [-0.39, 0.29) is 11.9 Å². The van der Waals surface area contributed by atoms with Gasteiger partial charge in [0.25, 0.3) is 0 Å². The standard InChI is InChI=1S/C15H20FN3/c1-4-14-15(10-19(3)18-14)17-11(2)8-12-6-5-7-13(16)9-12/h5-7,9-11,17H,4,8H2,1-3H3. The van der Waals surface area contributed by atoms with E-state index in [0.29, 0.717) is 0 Å². The highest BCUT2D eigenvalue weighted by molar-refractivity contribution is 5.47. The number of aryl methyl sites for hydroxylation is 2. The van der Waals surface area contributed by atoms with Gasteiger partial charge < -0.3 is 5.32 Å². The Hall–Kier alpha value is -1.84. The van der Waals surface area contributed by atoms with Crippen molar-refractivity contribution in [2.45, 2.75) is 32.7 Å². The molecule has 2 rings (SSSR count). The van der Waals surface area contributed by atoms with E-state index in [0.717, 1.165) is 29.8 Å². The Bertz CT molecular complexity index is 548. The summed E-state index contributed by atoms with van der Waals surface area (Å²) in [6.07, 6.45) is 3.67. The molecule has 102 valence electrons. The molecular formula is C15H20FN3. The van der Waals surface area contributed by atoms with Crippen LogP contribution in [0.4, 0.5) is 10.1 Å². The number of benzene rings is 1. The number of nitrogens with one attached hydrogen (secondary N) is 1. The fourth-order valence-electron chi connectivity index (χ4n) is 2.25. The maximum absolute atomic E-state index is 13.1. The van der Waals surface area contributed by atoms with E-state index in [1.807, 2.05) is 24.0 Å². The highest BCUT2D eigenvalue weighted by Gasteiger charge is 2.09. The van der Waals surface area contributed by atoms with Crippen molar-refractivity contribution in [2.75, 3.05) is 5.32 Å². The lowest BCUT2D eigenvalue weighted by atomic mass is 10.1. The van der Waals surface area contributed by atoms with Gasteiger partial charge in [-0.3, -0.25) is 4.68 Å². The van der Waals surface area contributed by atoms with Crippen molar-refractivity contribution in [1.29, 1.82) is 0 Å². The van der Waals surface area contributed by atoms with Crippen LogP contribution < -0.4 is 5.32 Å². The van der Waals surface area contributed by atoms with Crippen LogP contribution in [-0.4, -0.2) is 15.8 Å². The number of hydrogen-bond donors (Lipinski definition) is 1. The molecule has 1 aromatic heterocycles. The van der Waals surface area contributed by atoms with Crippen molar-refractivity contribution in [2.24, 2.45) is 7.05 Å². The van der Waals surface area contributed by atoms with Crippen molar-refractivity contribution in [1.82, 2.24) is 9.78 Å². The average Bonchev–Trinajstić information content (AvgIpc) is 2.69. The molecule has 0 radical (unpaired) electrons. The van der Waals surface area contributed by atoms with E-state index in [1.165, 1.54) is 6.07 Å². The molecule has 1 atom stereocenters. The normalized spacial score (nSPS) is 12.4. The van der Waals surface area contributed by atoms with E-state index in [4.69, 9.17) is 0 Å². The number of nitrogens with zero attached hydrogens (tertiary/aromatic N) is 2. The van der Waals surface area contributed by atoms with Crippen LogP contribution in [0.3, 0.4) is 0 Å². The fourth-order valence-corrected chi connectivity index (χ4v) is 2.25. The maximum Gasteiger partial charge on any atom is 0.123 e. The van der Waals surface area contributed by atoms with Gasteiger partial charge in [-0.2, -0.15) is 5.10 Å². The SMILES string of the molecule is CCc1nn(C)cc1NC(C)Cc1cccc(F)c1. The Morgan fingerprint density at radius 2 is 2.21 bits per heavy atom. The topological polar surface area (TPSA) is 29.9 Å². The summed E-state index contributed by atoms with van der Waals surface area (Å²) in [5.74, 6) is -0.180. The van der Waals surface area contributed by atoms with Gasteiger partial charge in [-0.1, -0.05) is 19.1 Å². The Labute approximate surface area is 113 Å². The number of halogens is 1. The van der Waals surface area contributed by atoms with Crippen molar-refractivity contribution < 1.29 is 4.39 Å². The summed E-state index contributed by atoms with van der Waals surface area (Å²) in [5.41, 5.74) is 3.13. The smallest absolute Gasteiger partial charge is 0.123 e. The van der Waals surface area contributed by atoms with Crippen molar-refractivity contribution in [3.63, 3.8) is 0 Å². The summed E-state index contributed by atoms with van der Waals surface area (Å²) in [7, 11) is 1.92. The van der Waals surface area contributed by atoms with Gasteiger partial charge in [-0.25, -0.2) is 4.39 Å². The number of hydrogen-bond acceptors (Lipinski definition) is 2. The minimum Gasteiger partial charge on any atom is -0.379 e. The third-order valence-corrected chi connectivity index (χ3v) is 3.07. The van der Waals surface area contributed by atoms with Gasteiger partial charge in [-0.15, -0.1) is 0 Å². The zero-order chi connectivity index (χ0) is 13.8. The average molecular weight is 261 g/mol. The second kappa shape index (κ2) is 5.87. The third kappa shape index (κ3) is 3.56. The molecule has 0 fully saturated rings. The van der Waals surface area contributed by atoms with Crippen molar-refractivity contribution in [3.05, 3.63) is 47.5 Å². The van der Waals surface area contributed by atoms with E-state index >= 15 is 0 Å². The molecule has 3 nitrogen and oxygen atoms in total. The molecule has 1 heterocycles. The molecule has 0 amide bonds. The number of anilines is 1. The zero-order valence-corrected chi connectivity index (χ0v) is 11.7. The predicted octanol–water partition coefficient (Wildman–Crippen LogP) is 3.16. The molecule has 1 unspecified atom stereocenters. The summed E-state index contributed by atoms with van der Waals surface area (Å²) in [6.45, 7) is 4.18. The Morgan fingerprint density at radius 3 is 2.89 bits per heavy atom. The lowest BCUT2D eigenvalue weighted by molar-refractivity contribution is 0.624. The fraction of sp³-hybridized carbons (Fsp3) is 0.400. The van der Waals surface area contributed by atoms with Gasteiger partial charge in [0.1, 0.15) is 5.82 Å². The molecule has 19 heavy (non-hydrogen) atoms. The Kier molecular flexibility index (Phi) is 4.20. The largest absolute Gasteiger partial charge is 0.379 e. The molecule has 1 aromatic carbocycles. The van der Waals surface area contributed by atoms with Gasteiger partial charge in [0, 0.05) is 19.3 Å². The first kappa shape index (κ1) is 13.6. The second-order valence-corrected chi connectivity index (χ2v) is 4.90. The first-order chi connectivity index (χ1) is 9.08. The maximum atomic E-state index is 13.1.